The molecule has 1 aliphatic rings. The molecule has 0 radical (unpaired) electrons. The zero-order chi connectivity index (χ0) is 21.9. The van der Waals surface area contributed by atoms with Crippen LogP contribution in [0.25, 0.3) is 0 Å². The molecule has 0 spiro atoms. The predicted molar refractivity (Wildman–Crippen MR) is 140 cm³/mol. The molecule has 1 aromatic heterocycles. The van der Waals surface area contributed by atoms with Crippen LogP contribution in [0, 0.1) is 5.92 Å². The van der Waals surface area contributed by atoms with Gasteiger partial charge in [-0.2, -0.15) is 0 Å². The second kappa shape index (κ2) is 14.3. The minimum absolute atomic E-state index is 0. The molecule has 0 aliphatic carbocycles. The smallest absolute Gasteiger partial charge is 0.191 e. The van der Waals surface area contributed by atoms with E-state index in [1.807, 2.05) is 36.4 Å². The fraction of sp³-hybridized carbons (Fsp3) is 0.500. The summed E-state index contributed by atoms with van der Waals surface area (Å²) in [6.07, 6.45) is 1.95. The number of hydrogen-bond acceptors (Lipinski definition) is 5. The van der Waals surface area contributed by atoms with Crippen molar-refractivity contribution in [3.8, 4) is 5.75 Å². The van der Waals surface area contributed by atoms with Gasteiger partial charge in [0.25, 0.3) is 0 Å². The molecule has 2 N–H and O–H groups in total. The zero-order valence-corrected chi connectivity index (χ0v) is 21.6. The molecule has 1 unspecified atom stereocenters. The fourth-order valence-electron chi connectivity index (χ4n) is 3.59. The first-order chi connectivity index (χ1) is 15.1. The SMILES string of the molecule is CN=C(NCc1cccc(OCc2ccccn2)c1)NCC1CN(CC(C)C)CCO1.I. The van der Waals surface area contributed by atoms with Gasteiger partial charge in [0.05, 0.1) is 18.4 Å². The molecule has 0 saturated carbocycles. The molecule has 176 valence electrons. The summed E-state index contributed by atoms with van der Waals surface area (Å²) >= 11 is 0. The Labute approximate surface area is 209 Å². The first-order valence-electron chi connectivity index (χ1n) is 11.0. The zero-order valence-electron chi connectivity index (χ0n) is 19.3. The third-order valence-corrected chi connectivity index (χ3v) is 5.04. The van der Waals surface area contributed by atoms with Crippen LogP contribution in [0.4, 0.5) is 0 Å². The van der Waals surface area contributed by atoms with Crippen LogP contribution in [-0.2, 0) is 17.9 Å². The molecule has 1 saturated heterocycles. The predicted octanol–water partition coefficient (Wildman–Crippen LogP) is 3.30. The van der Waals surface area contributed by atoms with Gasteiger partial charge in [0.15, 0.2) is 5.96 Å². The molecule has 7 nitrogen and oxygen atoms in total. The lowest BCUT2D eigenvalue weighted by Crippen LogP contribution is -2.50. The number of morpholine rings is 1. The van der Waals surface area contributed by atoms with Crippen molar-refractivity contribution >= 4 is 29.9 Å². The largest absolute Gasteiger partial charge is 0.487 e. The number of ether oxygens (including phenoxy) is 2. The fourth-order valence-corrected chi connectivity index (χ4v) is 3.59. The molecule has 1 atom stereocenters. The number of aromatic nitrogens is 1. The Hall–Kier alpha value is -1.91. The molecule has 8 heteroatoms. The van der Waals surface area contributed by atoms with Crippen LogP contribution in [0.2, 0.25) is 0 Å². The topological polar surface area (TPSA) is 71.0 Å². The molecule has 0 amide bonds. The van der Waals surface area contributed by atoms with Crippen LogP contribution in [0.15, 0.2) is 53.7 Å². The lowest BCUT2D eigenvalue weighted by molar-refractivity contribution is -0.0284. The third kappa shape index (κ3) is 9.30. The Morgan fingerprint density at radius 3 is 2.88 bits per heavy atom. The van der Waals surface area contributed by atoms with Crippen molar-refractivity contribution in [1.29, 1.82) is 0 Å². The highest BCUT2D eigenvalue weighted by Crippen LogP contribution is 2.15. The van der Waals surface area contributed by atoms with Gasteiger partial charge in [0, 0.05) is 46.0 Å². The Morgan fingerprint density at radius 2 is 2.12 bits per heavy atom. The number of pyridine rings is 1. The van der Waals surface area contributed by atoms with Crippen LogP contribution in [0.3, 0.4) is 0 Å². The second-order valence-corrected chi connectivity index (χ2v) is 8.21. The van der Waals surface area contributed by atoms with E-state index < -0.39 is 0 Å². The van der Waals surface area contributed by atoms with E-state index in [0.717, 1.165) is 55.8 Å². The Balaban J connectivity index is 0.00000363. The molecule has 1 fully saturated rings. The molecule has 3 rings (SSSR count). The minimum Gasteiger partial charge on any atom is -0.487 e. The molecule has 1 aromatic carbocycles. The summed E-state index contributed by atoms with van der Waals surface area (Å²) in [7, 11) is 1.79. The molecular formula is C24H36IN5O2. The van der Waals surface area contributed by atoms with Gasteiger partial charge < -0.3 is 20.1 Å². The number of guanidine groups is 1. The van der Waals surface area contributed by atoms with Crippen molar-refractivity contribution in [1.82, 2.24) is 20.5 Å². The Morgan fingerprint density at radius 1 is 1.25 bits per heavy atom. The second-order valence-electron chi connectivity index (χ2n) is 8.21. The van der Waals surface area contributed by atoms with E-state index in [-0.39, 0.29) is 30.1 Å². The van der Waals surface area contributed by atoms with Gasteiger partial charge in [0.1, 0.15) is 12.4 Å². The highest BCUT2D eigenvalue weighted by molar-refractivity contribution is 14.0. The lowest BCUT2D eigenvalue weighted by Gasteiger charge is -2.34. The van der Waals surface area contributed by atoms with Crippen molar-refractivity contribution in [2.24, 2.45) is 10.9 Å². The summed E-state index contributed by atoms with van der Waals surface area (Å²) in [4.78, 5) is 11.1. The van der Waals surface area contributed by atoms with Crippen molar-refractivity contribution < 1.29 is 9.47 Å². The monoisotopic (exact) mass is 553 g/mol. The van der Waals surface area contributed by atoms with E-state index >= 15 is 0 Å². The molecule has 1 aliphatic heterocycles. The average Bonchev–Trinajstić information content (AvgIpc) is 2.79. The summed E-state index contributed by atoms with van der Waals surface area (Å²) in [5.74, 6) is 2.27. The Kier molecular flexibility index (Phi) is 11.8. The maximum atomic E-state index is 5.92. The van der Waals surface area contributed by atoms with E-state index in [1.54, 1.807) is 13.2 Å². The number of aliphatic imine (C=N–C) groups is 1. The molecule has 0 bridgehead atoms. The number of halogens is 1. The Bertz CT molecular complexity index is 819. The summed E-state index contributed by atoms with van der Waals surface area (Å²) in [5.41, 5.74) is 2.03. The third-order valence-electron chi connectivity index (χ3n) is 5.04. The maximum Gasteiger partial charge on any atom is 0.191 e. The molecular weight excluding hydrogens is 517 g/mol. The van der Waals surface area contributed by atoms with E-state index in [4.69, 9.17) is 9.47 Å². The standard InChI is InChI=1S/C24H35N5O2.HI/c1-19(2)16-29-11-12-30-23(17-29)15-28-24(25-3)27-14-20-7-6-9-22(13-20)31-18-21-8-4-5-10-26-21;/h4-10,13,19,23H,11-12,14-18H2,1-3H3,(H2,25,27,28);1H. The van der Waals surface area contributed by atoms with Crippen molar-refractivity contribution in [2.75, 3.05) is 39.8 Å². The molecule has 2 heterocycles. The van der Waals surface area contributed by atoms with Crippen LogP contribution in [-0.4, -0.2) is 61.8 Å². The van der Waals surface area contributed by atoms with Crippen molar-refractivity contribution in [3.63, 3.8) is 0 Å². The van der Waals surface area contributed by atoms with Gasteiger partial charge >= 0.3 is 0 Å². The number of nitrogens with one attached hydrogen (secondary N) is 2. The lowest BCUT2D eigenvalue weighted by atomic mass is 10.2. The average molecular weight is 553 g/mol. The molecule has 32 heavy (non-hydrogen) atoms. The van der Waals surface area contributed by atoms with E-state index in [9.17, 15) is 0 Å². The van der Waals surface area contributed by atoms with Crippen molar-refractivity contribution in [3.05, 3.63) is 59.9 Å². The summed E-state index contributed by atoms with van der Waals surface area (Å²) < 4.78 is 11.8. The van der Waals surface area contributed by atoms with Gasteiger partial charge in [-0.05, 0) is 35.7 Å². The van der Waals surface area contributed by atoms with E-state index in [0.29, 0.717) is 19.1 Å². The summed E-state index contributed by atoms with van der Waals surface area (Å²) in [6, 6.07) is 13.9. The van der Waals surface area contributed by atoms with Crippen LogP contribution < -0.4 is 15.4 Å². The minimum atomic E-state index is 0. The van der Waals surface area contributed by atoms with E-state index in [2.05, 4.69) is 45.4 Å². The summed E-state index contributed by atoms with van der Waals surface area (Å²) in [6.45, 7) is 10.2. The normalized spacial score (nSPS) is 17.0. The highest BCUT2D eigenvalue weighted by atomic mass is 127. The van der Waals surface area contributed by atoms with Crippen LogP contribution in [0.5, 0.6) is 5.75 Å². The first-order valence-corrected chi connectivity index (χ1v) is 11.0. The van der Waals surface area contributed by atoms with Crippen LogP contribution >= 0.6 is 24.0 Å². The van der Waals surface area contributed by atoms with Crippen molar-refractivity contribution in [2.45, 2.75) is 33.1 Å². The molecule has 2 aromatic rings. The van der Waals surface area contributed by atoms with Gasteiger partial charge in [0.2, 0.25) is 0 Å². The number of hydrogen-bond donors (Lipinski definition) is 2. The van der Waals surface area contributed by atoms with E-state index in [1.165, 1.54) is 0 Å². The quantitative estimate of drug-likeness (QED) is 0.282. The van der Waals surface area contributed by atoms with Gasteiger partial charge in [-0.15, -0.1) is 24.0 Å². The van der Waals surface area contributed by atoms with Gasteiger partial charge in [-0.1, -0.05) is 32.0 Å². The van der Waals surface area contributed by atoms with Crippen LogP contribution in [0.1, 0.15) is 25.1 Å². The summed E-state index contributed by atoms with van der Waals surface area (Å²) in [5, 5.41) is 6.76. The first kappa shape index (κ1) is 26.3. The van der Waals surface area contributed by atoms with Gasteiger partial charge in [-0.3, -0.25) is 14.9 Å². The number of benzene rings is 1. The highest BCUT2D eigenvalue weighted by Gasteiger charge is 2.21. The number of rotatable bonds is 9. The maximum absolute atomic E-state index is 5.92. The number of nitrogens with zero attached hydrogens (tertiary/aromatic N) is 3. The van der Waals surface area contributed by atoms with Gasteiger partial charge in [-0.25, -0.2) is 0 Å².